The number of benzene rings is 2. The first-order valence-corrected chi connectivity index (χ1v) is 9.75. The second-order valence-corrected chi connectivity index (χ2v) is 8.17. The SMILES string of the molecule is Cc1ccc(NC(=O)CCNS(=O)(=O)c2cc(Cl)ccc2C)c(Cl)c1. The fraction of sp³-hybridized carbons (Fsp3) is 0.235. The van der Waals surface area contributed by atoms with Gasteiger partial charge in [-0.25, -0.2) is 13.1 Å². The van der Waals surface area contributed by atoms with Crippen molar-refractivity contribution in [3.8, 4) is 0 Å². The predicted molar refractivity (Wildman–Crippen MR) is 101 cm³/mol. The Morgan fingerprint density at radius 3 is 2.48 bits per heavy atom. The summed E-state index contributed by atoms with van der Waals surface area (Å²) in [6, 6.07) is 9.89. The van der Waals surface area contributed by atoms with Gasteiger partial charge in [-0.05, 0) is 49.2 Å². The van der Waals surface area contributed by atoms with E-state index < -0.39 is 10.0 Å². The Morgan fingerprint density at radius 2 is 1.80 bits per heavy atom. The quantitative estimate of drug-likeness (QED) is 0.771. The van der Waals surface area contributed by atoms with E-state index in [1.807, 2.05) is 13.0 Å². The molecule has 0 unspecified atom stereocenters. The van der Waals surface area contributed by atoms with Crippen LogP contribution in [0.5, 0.6) is 0 Å². The molecule has 0 spiro atoms. The van der Waals surface area contributed by atoms with Gasteiger partial charge < -0.3 is 5.32 Å². The molecule has 0 aliphatic heterocycles. The summed E-state index contributed by atoms with van der Waals surface area (Å²) < 4.78 is 27.0. The molecule has 134 valence electrons. The molecule has 0 aliphatic carbocycles. The Hall–Kier alpha value is -1.60. The van der Waals surface area contributed by atoms with Gasteiger partial charge in [-0.15, -0.1) is 0 Å². The molecule has 0 heterocycles. The molecule has 1 amide bonds. The molecule has 0 atom stereocenters. The van der Waals surface area contributed by atoms with Gasteiger partial charge in [-0.2, -0.15) is 0 Å². The van der Waals surface area contributed by atoms with E-state index in [2.05, 4.69) is 10.0 Å². The Balaban J connectivity index is 1.95. The van der Waals surface area contributed by atoms with Crippen molar-refractivity contribution >= 4 is 44.8 Å². The molecule has 0 saturated carbocycles. The summed E-state index contributed by atoms with van der Waals surface area (Å²) in [7, 11) is -3.74. The van der Waals surface area contributed by atoms with Crippen LogP contribution in [-0.4, -0.2) is 20.9 Å². The number of carbonyl (C=O) groups is 1. The first kappa shape index (κ1) is 19.7. The smallest absolute Gasteiger partial charge is 0.240 e. The van der Waals surface area contributed by atoms with E-state index in [4.69, 9.17) is 23.2 Å². The standard InChI is InChI=1S/C17H18Cl2N2O3S/c1-11-3-6-15(14(19)9-11)21-17(22)7-8-20-25(23,24)16-10-13(18)5-4-12(16)2/h3-6,9-10,20H,7-8H2,1-2H3,(H,21,22). The number of nitrogens with one attached hydrogen (secondary N) is 2. The normalized spacial score (nSPS) is 11.4. The zero-order valence-electron chi connectivity index (χ0n) is 13.8. The number of anilines is 1. The minimum atomic E-state index is -3.74. The third-order valence-electron chi connectivity index (χ3n) is 3.48. The molecule has 0 aromatic heterocycles. The van der Waals surface area contributed by atoms with Crippen molar-refractivity contribution < 1.29 is 13.2 Å². The Morgan fingerprint density at radius 1 is 1.08 bits per heavy atom. The molecule has 0 saturated heterocycles. The minimum Gasteiger partial charge on any atom is -0.325 e. The van der Waals surface area contributed by atoms with E-state index in [-0.39, 0.29) is 23.8 Å². The predicted octanol–water partition coefficient (Wildman–Crippen LogP) is 3.92. The molecule has 2 aromatic rings. The van der Waals surface area contributed by atoms with Gasteiger partial charge >= 0.3 is 0 Å². The third kappa shape index (κ3) is 5.44. The van der Waals surface area contributed by atoms with E-state index in [0.29, 0.717) is 21.3 Å². The zero-order chi connectivity index (χ0) is 18.6. The second-order valence-electron chi connectivity index (χ2n) is 5.59. The second kappa shape index (κ2) is 8.19. The highest BCUT2D eigenvalue weighted by Crippen LogP contribution is 2.23. The van der Waals surface area contributed by atoms with E-state index in [1.165, 1.54) is 6.07 Å². The van der Waals surface area contributed by atoms with E-state index in [1.54, 1.807) is 31.2 Å². The van der Waals surface area contributed by atoms with E-state index >= 15 is 0 Å². The van der Waals surface area contributed by atoms with Gasteiger partial charge in [-0.3, -0.25) is 4.79 Å². The van der Waals surface area contributed by atoms with Gasteiger partial charge in [0.05, 0.1) is 15.6 Å². The van der Waals surface area contributed by atoms with Crippen molar-refractivity contribution in [3.63, 3.8) is 0 Å². The maximum atomic E-state index is 12.3. The van der Waals surface area contributed by atoms with Gasteiger partial charge in [0.15, 0.2) is 0 Å². The molecule has 2 aromatic carbocycles. The number of carbonyl (C=O) groups excluding carboxylic acids is 1. The highest BCUT2D eigenvalue weighted by atomic mass is 35.5. The van der Waals surface area contributed by atoms with Gasteiger partial charge in [0, 0.05) is 18.0 Å². The zero-order valence-corrected chi connectivity index (χ0v) is 16.1. The van der Waals surface area contributed by atoms with Crippen molar-refractivity contribution in [2.24, 2.45) is 0 Å². The monoisotopic (exact) mass is 400 g/mol. The van der Waals surface area contributed by atoms with Crippen molar-refractivity contribution in [2.75, 3.05) is 11.9 Å². The number of sulfonamides is 1. The largest absolute Gasteiger partial charge is 0.325 e. The molecule has 0 fully saturated rings. The van der Waals surface area contributed by atoms with Crippen molar-refractivity contribution in [2.45, 2.75) is 25.2 Å². The van der Waals surface area contributed by atoms with Crippen LogP contribution in [0.4, 0.5) is 5.69 Å². The number of rotatable bonds is 6. The highest BCUT2D eigenvalue weighted by Gasteiger charge is 2.17. The maximum Gasteiger partial charge on any atom is 0.240 e. The van der Waals surface area contributed by atoms with Crippen LogP contribution >= 0.6 is 23.2 Å². The average Bonchev–Trinajstić information content (AvgIpc) is 2.52. The number of hydrogen-bond acceptors (Lipinski definition) is 3. The molecule has 2 rings (SSSR count). The molecule has 0 bridgehead atoms. The molecular weight excluding hydrogens is 383 g/mol. The lowest BCUT2D eigenvalue weighted by molar-refractivity contribution is -0.116. The van der Waals surface area contributed by atoms with E-state index in [9.17, 15) is 13.2 Å². The summed E-state index contributed by atoms with van der Waals surface area (Å²) in [5, 5.41) is 3.42. The summed E-state index contributed by atoms with van der Waals surface area (Å²) in [6.45, 7) is 3.53. The van der Waals surface area contributed by atoms with Crippen LogP contribution in [0, 0.1) is 13.8 Å². The fourth-order valence-electron chi connectivity index (χ4n) is 2.17. The van der Waals surface area contributed by atoms with Crippen LogP contribution in [0.15, 0.2) is 41.3 Å². The first-order chi connectivity index (χ1) is 11.7. The molecular formula is C17H18Cl2N2O3S. The molecule has 0 radical (unpaired) electrons. The summed E-state index contributed by atoms with van der Waals surface area (Å²) >= 11 is 11.9. The Kier molecular flexibility index (Phi) is 6.46. The summed E-state index contributed by atoms with van der Waals surface area (Å²) in [6.07, 6.45) is -0.0248. The maximum absolute atomic E-state index is 12.3. The van der Waals surface area contributed by atoms with Crippen molar-refractivity contribution in [1.29, 1.82) is 0 Å². The topological polar surface area (TPSA) is 75.3 Å². The van der Waals surface area contributed by atoms with Crippen molar-refractivity contribution in [3.05, 3.63) is 57.6 Å². The van der Waals surface area contributed by atoms with E-state index in [0.717, 1.165) is 5.56 Å². The van der Waals surface area contributed by atoms with Crippen LogP contribution < -0.4 is 10.0 Å². The van der Waals surface area contributed by atoms with Crippen LogP contribution in [0.2, 0.25) is 10.0 Å². The Bertz CT molecular complexity index is 899. The third-order valence-corrected chi connectivity index (χ3v) is 5.63. The van der Waals surface area contributed by atoms with Crippen molar-refractivity contribution in [1.82, 2.24) is 4.72 Å². The first-order valence-electron chi connectivity index (χ1n) is 7.51. The van der Waals surface area contributed by atoms with Gasteiger partial charge in [-0.1, -0.05) is 35.3 Å². The Labute approximate surface area is 157 Å². The van der Waals surface area contributed by atoms with Crippen LogP contribution in [-0.2, 0) is 14.8 Å². The minimum absolute atomic E-state index is 0.0248. The summed E-state index contributed by atoms with van der Waals surface area (Å²) in [5.74, 6) is -0.337. The molecule has 2 N–H and O–H groups in total. The number of amides is 1. The highest BCUT2D eigenvalue weighted by molar-refractivity contribution is 7.89. The number of halogens is 2. The average molecular weight is 401 g/mol. The van der Waals surface area contributed by atoms with Gasteiger partial charge in [0.25, 0.3) is 0 Å². The van der Waals surface area contributed by atoms with Crippen LogP contribution in [0.3, 0.4) is 0 Å². The molecule has 5 nitrogen and oxygen atoms in total. The lowest BCUT2D eigenvalue weighted by atomic mass is 10.2. The summed E-state index contributed by atoms with van der Waals surface area (Å²) in [5.41, 5.74) is 2.05. The van der Waals surface area contributed by atoms with Crippen LogP contribution in [0.1, 0.15) is 17.5 Å². The molecule has 0 aliphatic rings. The van der Waals surface area contributed by atoms with Gasteiger partial charge in [0.1, 0.15) is 0 Å². The molecule has 25 heavy (non-hydrogen) atoms. The lowest BCUT2D eigenvalue weighted by Gasteiger charge is -2.10. The number of hydrogen-bond donors (Lipinski definition) is 2. The lowest BCUT2D eigenvalue weighted by Crippen LogP contribution is -2.28. The fourth-order valence-corrected chi connectivity index (χ4v) is 3.99. The van der Waals surface area contributed by atoms with Crippen LogP contribution in [0.25, 0.3) is 0 Å². The number of aryl methyl sites for hydroxylation is 2. The molecule has 8 heteroatoms. The van der Waals surface area contributed by atoms with Gasteiger partial charge in [0.2, 0.25) is 15.9 Å². The summed E-state index contributed by atoms with van der Waals surface area (Å²) in [4.78, 5) is 12.1.